The third-order valence-corrected chi connectivity index (χ3v) is 21.8. The van der Waals surface area contributed by atoms with E-state index in [0.717, 1.165) is 25.4 Å². The molecule has 8 aliphatic rings. The van der Waals surface area contributed by atoms with E-state index in [-0.39, 0.29) is 111 Å². The maximum absolute atomic E-state index is 11.6. The molecule has 32 atom stereocenters. The van der Waals surface area contributed by atoms with Gasteiger partial charge >= 0.3 is 12.1 Å². The zero-order chi connectivity index (χ0) is 98.3. The first kappa shape index (κ1) is 122. The molecule has 0 aromatic heterocycles. The summed E-state index contributed by atoms with van der Waals surface area (Å²) in [6, 6.07) is 0. The highest BCUT2D eigenvalue weighted by Crippen LogP contribution is 2.40. The molecular weight excluding hydrogens is 1760 g/mol. The number of esters is 1. The van der Waals surface area contributed by atoms with Gasteiger partial charge in [-0.3, -0.25) is 14.4 Å². The number of nitrogens with two attached hydrogens (primary N) is 1. The van der Waals surface area contributed by atoms with Crippen molar-refractivity contribution in [1.82, 2.24) is 10.0 Å². The fourth-order valence-electron chi connectivity index (χ4n) is 12.7. The van der Waals surface area contributed by atoms with Crippen LogP contribution >= 0.6 is 7.14 Å². The van der Waals surface area contributed by atoms with Crippen LogP contribution in [-0.4, -0.2) is 425 Å². The number of carbonyl (C=O) groups excluding carboxylic acids is 4. The van der Waals surface area contributed by atoms with E-state index in [0.29, 0.717) is 12.6 Å². The number of ether oxygens (including phenoxy) is 17. The third-order valence-electron chi connectivity index (χ3n) is 18.8. The van der Waals surface area contributed by atoms with Crippen molar-refractivity contribution in [2.24, 2.45) is 11.7 Å². The summed E-state index contributed by atoms with van der Waals surface area (Å²) in [7, 11) is -8.59. The van der Waals surface area contributed by atoms with Crippen molar-refractivity contribution >= 4 is 50.8 Å². The molecule has 45 nitrogen and oxygen atoms in total. The number of ketones is 1. The average molecular weight is 1910 g/mol. The molecule has 0 aromatic carbocycles. The van der Waals surface area contributed by atoms with Crippen LogP contribution in [0.3, 0.4) is 0 Å². The van der Waals surface area contributed by atoms with Gasteiger partial charge in [0.05, 0.1) is 91.9 Å². The molecule has 2 amide bonds. The van der Waals surface area contributed by atoms with E-state index in [9.17, 15) is 122 Å². The Morgan fingerprint density at radius 3 is 1.00 bits per heavy atom. The Bertz CT molecular complexity index is 3220. The Balaban J connectivity index is 0.000000726. The maximum atomic E-state index is 11.6. The molecule has 7 aliphatic heterocycles. The van der Waals surface area contributed by atoms with Crippen LogP contribution in [0, 0.1) is 5.92 Å². The van der Waals surface area contributed by atoms with Gasteiger partial charge in [-0.1, -0.05) is 13.3 Å². The number of sulfonamides is 1. The molecule has 0 radical (unpaired) electrons. The molecule has 7 saturated heterocycles. The van der Waals surface area contributed by atoms with Gasteiger partial charge in [0.1, 0.15) is 145 Å². The van der Waals surface area contributed by atoms with Crippen LogP contribution < -0.4 is 15.8 Å². The van der Waals surface area contributed by atoms with E-state index in [1.54, 1.807) is 82.6 Å². The lowest BCUT2D eigenvalue weighted by atomic mass is 10.0. The summed E-state index contributed by atoms with van der Waals surface area (Å²) in [5, 5.41) is 157. The number of hydrogen-bond donors (Lipinski definition) is 19. The number of sulfone groups is 1. The quantitative estimate of drug-likeness (QED) is 0.0232. The van der Waals surface area contributed by atoms with Crippen LogP contribution in [-0.2, 0) is 119 Å². The van der Waals surface area contributed by atoms with Crippen LogP contribution in [0.4, 0.5) is 4.79 Å². The lowest BCUT2D eigenvalue weighted by Crippen LogP contribution is -2.39. The molecule has 754 valence electrons. The largest absolute Gasteiger partial charge is 0.463 e. The van der Waals surface area contributed by atoms with Crippen molar-refractivity contribution in [3.05, 3.63) is 0 Å². The molecule has 0 bridgehead atoms. The Morgan fingerprint density at radius 1 is 0.425 bits per heavy atom. The van der Waals surface area contributed by atoms with Crippen LogP contribution in [0.1, 0.15) is 171 Å². The zero-order valence-electron chi connectivity index (χ0n) is 77.7. The van der Waals surface area contributed by atoms with Crippen LogP contribution in [0.5, 0.6) is 0 Å². The molecule has 127 heavy (non-hydrogen) atoms. The molecule has 8 rings (SSSR count). The monoisotopic (exact) mass is 1910 g/mol. The normalized spacial score (nSPS) is 35.3. The molecule has 0 aromatic rings. The number of amides is 2. The molecule has 1 aliphatic carbocycles. The van der Waals surface area contributed by atoms with Gasteiger partial charge in [0, 0.05) is 39.4 Å². The van der Waals surface area contributed by atoms with Crippen molar-refractivity contribution in [2.45, 2.75) is 410 Å². The van der Waals surface area contributed by atoms with Gasteiger partial charge in [-0.15, -0.1) is 0 Å². The van der Waals surface area contributed by atoms with Crippen molar-refractivity contribution in [3.8, 4) is 0 Å². The first-order valence-electron chi connectivity index (χ1n) is 42.3. The van der Waals surface area contributed by atoms with Gasteiger partial charge in [0.2, 0.25) is 15.9 Å². The second kappa shape index (κ2) is 56.9. The Morgan fingerprint density at radius 2 is 0.724 bits per heavy atom. The lowest BCUT2D eigenvalue weighted by molar-refractivity contribution is -0.189. The average Bonchev–Trinajstić information content (AvgIpc) is 1.63. The Hall–Kier alpha value is -3.27. The maximum Gasteiger partial charge on any atom is 0.404 e. The minimum atomic E-state index is -3.36. The topological polar surface area (TPSA) is 684 Å². The molecule has 1 unspecified atom stereocenters. The van der Waals surface area contributed by atoms with Crippen LogP contribution in [0.15, 0.2) is 0 Å². The second-order valence-electron chi connectivity index (χ2n) is 35.1. The highest BCUT2D eigenvalue weighted by molar-refractivity contribution is 7.90. The minimum Gasteiger partial charge on any atom is -0.463 e. The second-order valence-corrected chi connectivity index (χ2v) is 42.8. The summed E-state index contributed by atoms with van der Waals surface area (Å²) in [4.78, 5) is 42.7. The lowest BCUT2D eigenvalue weighted by Gasteiger charge is -2.27. The van der Waals surface area contributed by atoms with Crippen molar-refractivity contribution in [2.75, 3.05) is 64.1 Å². The van der Waals surface area contributed by atoms with Gasteiger partial charge in [0.25, 0.3) is 0 Å². The van der Waals surface area contributed by atoms with E-state index < -0.39 is 223 Å². The summed E-state index contributed by atoms with van der Waals surface area (Å²) in [5.74, 6) is -0.892. The number of primary amides is 1. The standard InChI is InChI=1S/C11H23O5P.C11H22O3.C10H19NO5.C10H20O6S.C10H18O6.C9H19NO6S.C9H17NO6.C9H16O5/c1-7(2)15-11-10(13)9(12)8(16-11)5-6-17(3,4)14;1-5-7-6-8(10(13)9(7)12)14-11(2,3)4;1-5(2)15-10-9(14)8(13)7(16-10)4-11-6(3)12;1-6(2)15-10-9(12)8(11)7(16-10)4-5-17(3,13)14;1-5(2)15-10-9(13)8(12)7(16-10)4-14-6(3)11;1-5(2)15-9-8(12)7(11)6(16-9)4-10-17(3,13)14;1-4(2)15-8-7(12)6(11)5(16-8)3-14-9(10)13;1-4(2)13-9-7(12)6(11)8(14-9)5(3)10/h7-13H,5-6H2,1-4H3;7-10,12-13H,5-6H2,1-4H3;5,7-10,13-14H,4H2,1-3H3,(H,11,12);6-12H,4-5H2,1-3H3;5,7-10,12-13H,4H2,1-3H3;5-12H,4H2,1-3H3;4-8,11-12H,3H2,1-2H3,(H2,10,13);4,6-9,11-12H,1-3H3/t8-,9-,10-,11-;7-,8+,9?,10+;3*7-,8-,9-,10-;6-,7-,8-,9-;5-,6-,7-,8-;6-,7+,8+,9+/m10111110/s1. The summed E-state index contributed by atoms with van der Waals surface area (Å²) < 4.78 is 146. The van der Waals surface area contributed by atoms with E-state index in [1.807, 2.05) is 55.4 Å². The Kier molecular flexibility index (Phi) is 54.6. The van der Waals surface area contributed by atoms with Crippen LogP contribution in [0.2, 0.25) is 0 Å². The van der Waals surface area contributed by atoms with Gasteiger partial charge in [-0.2, -0.15) is 0 Å². The minimum absolute atomic E-state index is 0.0796. The smallest absolute Gasteiger partial charge is 0.404 e. The number of Topliss-reactive ketones (excluding diaryl/α,β-unsaturated/α-hetero) is 1. The number of carbonyl (C=O) groups is 4. The van der Waals surface area contributed by atoms with Gasteiger partial charge in [0.15, 0.2) is 49.8 Å². The third kappa shape index (κ3) is 46.2. The highest BCUT2D eigenvalue weighted by Gasteiger charge is 2.51. The summed E-state index contributed by atoms with van der Waals surface area (Å²) >= 11 is 0. The van der Waals surface area contributed by atoms with Gasteiger partial charge in [-0.25, -0.2) is 26.4 Å². The van der Waals surface area contributed by atoms with E-state index in [4.69, 9.17) is 81.5 Å². The van der Waals surface area contributed by atoms with E-state index >= 15 is 0 Å². The number of aliphatic hydroxyl groups is 16. The number of nitrogens with one attached hydrogen (secondary N) is 2. The SMILES string of the molecule is CC(=O)NC[C@H]1O[C@@H](OC(C)C)[C@H](O)[C@@H]1O.CC(=O)OC[C@H]1O[C@@H](OC(C)C)[C@H](O)[C@@H]1O.CC(=O)[C@H]1O[C@@H](OC(C)C)[C@H](O)[C@@H]1O.CC(C)O[C@@H]1O[C@H](CCP(C)(C)=O)[C@@H](O)[C@H]1O.CC(C)O[C@@H]1O[C@H](CCS(C)(=O)=O)[C@@H](O)[C@H]1O.CC(C)O[C@@H]1O[C@H](CNS(C)(=O)=O)[C@@H](O)[C@H]1O.CC(C)O[C@@H]1O[C@H](COC(N)=O)[C@@H](O)[C@H]1O.CC[C@H]1C[C@@H](OC(C)(C)C)[C@@H](O)C1O. The summed E-state index contributed by atoms with van der Waals surface area (Å²) in [6.07, 6.45) is -25.5. The molecule has 20 N–H and O–H groups in total. The van der Waals surface area contributed by atoms with Crippen LogP contribution in [0.25, 0.3) is 0 Å². The molecular formula is C79H154N3O42PS2. The number of hydrogen-bond acceptors (Lipinski definition) is 42. The molecule has 8 fully saturated rings. The van der Waals surface area contributed by atoms with Gasteiger partial charge in [-0.05, 0) is 163 Å². The first-order chi connectivity index (χ1) is 58.1. The predicted molar refractivity (Wildman–Crippen MR) is 451 cm³/mol. The van der Waals surface area contributed by atoms with E-state index in [2.05, 4.69) is 14.8 Å². The number of rotatable bonds is 32. The van der Waals surface area contributed by atoms with Crippen molar-refractivity contribution < 1.29 is 203 Å². The van der Waals surface area contributed by atoms with Crippen molar-refractivity contribution in [3.63, 3.8) is 0 Å². The number of aliphatic hydroxyl groups excluding tert-OH is 16. The first-order valence-corrected chi connectivity index (χ1v) is 49.1. The summed E-state index contributed by atoms with van der Waals surface area (Å²) in [6.45, 7) is 40.1. The molecule has 7 heterocycles. The molecule has 1 saturated carbocycles. The van der Waals surface area contributed by atoms with E-state index in [1.165, 1.54) is 20.8 Å². The fraction of sp³-hybridized carbons (Fsp3) is 0.949. The van der Waals surface area contributed by atoms with Gasteiger partial charge < -0.3 is 178 Å². The highest BCUT2D eigenvalue weighted by atomic mass is 32.2. The predicted octanol–water partition coefficient (Wildman–Crippen LogP) is -3.29. The molecule has 0 spiro atoms. The summed E-state index contributed by atoms with van der Waals surface area (Å²) in [5.41, 5.74) is 4.52. The fourth-order valence-corrected chi connectivity index (χ4v) is 14.7. The zero-order valence-corrected chi connectivity index (χ0v) is 80.2. The Labute approximate surface area is 746 Å². The molecule has 48 heteroatoms. The van der Waals surface area contributed by atoms with Crippen molar-refractivity contribution in [1.29, 1.82) is 0 Å².